The second kappa shape index (κ2) is 5.61. The molecule has 0 aromatic heterocycles. The molecule has 0 radical (unpaired) electrons. The van der Waals surface area contributed by atoms with Crippen molar-refractivity contribution >= 4 is 0 Å². The van der Waals surface area contributed by atoms with Crippen LogP contribution in [0.5, 0.6) is 0 Å². The van der Waals surface area contributed by atoms with E-state index in [-0.39, 0.29) is 5.41 Å². The third-order valence-electron chi connectivity index (χ3n) is 2.80. The summed E-state index contributed by atoms with van der Waals surface area (Å²) in [6, 6.07) is 0.714. The zero-order valence-electron chi connectivity index (χ0n) is 9.93. The Hall–Kier alpha value is -0.0800. The van der Waals surface area contributed by atoms with E-state index in [1.54, 1.807) is 0 Å². The standard InChI is InChI=1S/C11H26N2/c1-6-10(7-2)13(5)9-11(3,4)8-12/h10H,6-9,12H2,1-5H3. The van der Waals surface area contributed by atoms with Gasteiger partial charge < -0.3 is 10.6 Å². The van der Waals surface area contributed by atoms with Crippen LogP contribution in [0.4, 0.5) is 0 Å². The molecule has 0 rings (SSSR count). The quantitative estimate of drug-likeness (QED) is 0.688. The maximum Gasteiger partial charge on any atom is 0.00871 e. The second-order valence-electron chi connectivity index (χ2n) is 4.75. The van der Waals surface area contributed by atoms with Crippen molar-refractivity contribution in [3.05, 3.63) is 0 Å². The first-order valence-corrected chi connectivity index (χ1v) is 5.37. The van der Waals surface area contributed by atoms with Crippen molar-refractivity contribution in [2.45, 2.75) is 46.6 Å². The van der Waals surface area contributed by atoms with Crippen molar-refractivity contribution in [2.24, 2.45) is 11.1 Å². The molecule has 0 aromatic rings. The predicted octanol–water partition coefficient (Wildman–Crippen LogP) is 2.09. The first-order valence-electron chi connectivity index (χ1n) is 5.37. The topological polar surface area (TPSA) is 29.3 Å². The number of nitrogens with two attached hydrogens (primary N) is 1. The highest BCUT2D eigenvalue weighted by atomic mass is 15.1. The number of rotatable bonds is 6. The number of hydrogen-bond donors (Lipinski definition) is 1. The molecule has 0 aliphatic heterocycles. The van der Waals surface area contributed by atoms with Crippen LogP contribution in [0, 0.1) is 5.41 Å². The minimum atomic E-state index is 0.247. The molecule has 0 aromatic carbocycles. The van der Waals surface area contributed by atoms with Gasteiger partial charge in [0.25, 0.3) is 0 Å². The Labute approximate surface area is 83.5 Å². The minimum Gasteiger partial charge on any atom is -0.330 e. The fourth-order valence-electron chi connectivity index (χ4n) is 1.78. The lowest BCUT2D eigenvalue weighted by Gasteiger charge is -2.33. The summed E-state index contributed by atoms with van der Waals surface area (Å²) in [5, 5.41) is 0. The van der Waals surface area contributed by atoms with Crippen LogP contribution in [0.25, 0.3) is 0 Å². The van der Waals surface area contributed by atoms with E-state index in [4.69, 9.17) is 5.73 Å². The van der Waals surface area contributed by atoms with Crippen molar-refractivity contribution < 1.29 is 0 Å². The van der Waals surface area contributed by atoms with Gasteiger partial charge in [0.15, 0.2) is 0 Å². The predicted molar refractivity (Wildman–Crippen MR) is 59.8 cm³/mol. The van der Waals surface area contributed by atoms with Crippen LogP contribution in [0.2, 0.25) is 0 Å². The Morgan fingerprint density at radius 2 is 1.69 bits per heavy atom. The first-order chi connectivity index (χ1) is 5.96. The molecule has 0 aliphatic carbocycles. The third kappa shape index (κ3) is 4.63. The van der Waals surface area contributed by atoms with Crippen molar-refractivity contribution in [1.82, 2.24) is 4.90 Å². The maximum absolute atomic E-state index is 5.71. The van der Waals surface area contributed by atoms with Gasteiger partial charge in [-0.25, -0.2) is 0 Å². The van der Waals surface area contributed by atoms with E-state index < -0.39 is 0 Å². The van der Waals surface area contributed by atoms with Crippen LogP contribution < -0.4 is 5.73 Å². The molecule has 0 saturated carbocycles. The molecule has 0 heterocycles. The summed E-state index contributed by atoms with van der Waals surface area (Å²) in [7, 11) is 2.20. The van der Waals surface area contributed by atoms with Gasteiger partial charge in [-0.05, 0) is 31.8 Å². The molecule has 0 atom stereocenters. The highest BCUT2D eigenvalue weighted by molar-refractivity contribution is 4.76. The summed E-state index contributed by atoms with van der Waals surface area (Å²) >= 11 is 0. The van der Waals surface area contributed by atoms with Gasteiger partial charge in [-0.3, -0.25) is 0 Å². The van der Waals surface area contributed by atoms with Gasteiger partial charge in [-0.2, -0.15) is 0 Å². The maximum atomic E-state index is 5.71. The Kier molecular flexibility index (Phi) is 5.57. The van der Waals surface area contributed by atoms with E-state index in [2.05, 4.69) is 39.6 Å². The molecule has 0 spiro atoms. The summed E-state index contributed by atoms with van der Waals surface area (Å²) in [4.78, 5) is 2.44. The van der Waals surface area contributed by atoms with E-state index in [1.807, 2.05) is 0 Å². The molecule has 0 saturated heterocycles. The van der Waals surface area contributed by atoms with Crippen molar-refractivity contribution in [3.63, 3.8) is 0 Å². The Bertz CT molecular complexity index is 128. The summed E-state index contributed by atoms with van der Waals surface area (Å²) in [5.41, 5.74) is 5.96. The van der Waals surface area contributed by atoms with Gasteiger partial charge in [-0.15, -0.1) is 0 Å². The summed E-state index contributed by atoms with van der Waals surface area (Å²) < 4.78 is 0. The SMILES string of the molecule is CCC(CC)N(C)CC(C)(C)CN. The zero-order valence-corrected chi connectivity index (χ0v) is 9.93. The summed E-state index contributed by atoms with van der Waals surface area (Å²) in [5.74, 6) is 0. The molecule has 0 aliphatic rings. The summed E-state index contributed by atoms with van der Waals surface area (Å²) in [6.07, 6.45) is 2.46. The summed E-state index contributed by atoms with van der Waals surface area (Å²) in [6.45, 7) is 10.8. The van der Waals surface area contributed by atoms with E-state index in [0.717, 1.165) is 13.1 Å². The highest BCUT2D eigenvalue weighted by Crippen LogP contribution is 2.17. The van der Waals surface area contributed by atoms with Crippen LogP contribution >= 0.6 is 0 Å². The molecule has 2 nitrogen and oxygen atoms in total. The van der Waals surface area contributed by atoms with Gasteiger partial charge >= 0.3 is 0 Å². The lowest BCUT2D eigenvalue weighted by molar-refractivity contribution is 0.157. The minimum absolute atomic E-state index is 0.247. The fourth-order valence-corrected chi connectivity index (χ4v) is 1.78. The largest absolute Gasteiger partial charge is 0.330 e. The van der Waals surface area contributed by atoms with Gasteiger partial charge in [0, 0.05) is 12.6 Å². The average molecular weight is 186 g/mol. The molecule has 2 heteroatoms. The van der Waals surface area contributed by atoms with Crippen molar-refractivity contribution in [2.75, 3.05) is 20.1 Å². The highest BCUT2D eigenvalue weighted by Gasteiger charge is 2.21. The van der Waals surface area contributed by atoms with Gasteiger partial charge in [0.2, 0.25) is 0 Å². The second-order valence-corrected chi connectivity index (χ2v) is 4.75. The monoisotopic (exact) mass is 186 g/mol. The Morgan fingerprint density at radius 1 is 1.23 bits per heavy atom. The lowest BCUT2D eigenvalue weighted by atomic mass is 9.92. The molecule has 0 fully saturated rings. The van der Waals surface area contributed by atoms with Crippen LogP contribution in [0.1, 0.15) is 40.5 Å². The third-order valence-corrected chi connectivity index (χ3v) is 2.80. The Morgan fingerprint density at radius 3 is 2.00 bits per heavy atom. The van der Waals surface area contributed by atoms with Crippen LogP contribution in [-0.2, 0) is 0 Å². The Balaban J connectivity index is 4.04. The normalized spacial score (nSPS) is 12.9. The van der Waals surface area contributed by atoms with Gasteiger partial charge in [0.05, 0.1) is 0 Å². The molecular formula is C11H26N2. The van der Waals surface area contributed by atoms with Crippen LogP contribution in [0.3, 0.4) is 0 Å². The molecule has 2 N–H and O–H groups in total. The lowest BCUT2D eigenvalue weighted by Crippen LogP contribution is -2.41. The van der Waals surface area contributed by atoms with Gasteiger partial charge in [-0.1, -0.05) is 27.7 Å². The van der Waals surface area contributed by atoms with E-state index in [0.29, 0.717) is 6.04 Å². The molecule has 0 amide bonds. The number of hydrogen-bond acceptors (Lipinski definition) is 2. The fraction of sp³-hybridized carbons (Fsp3) is 1.00. The van der Waals surface area contributed by atoms with E-state index in [1.165, 1.54) is 12.8 Å². The first kappa shape index (κ1) is 12.9. The molecular weight excluding hydrogens is 160 g/mol. The van der Waals surface area contributed by atoms with Crippen molar-refractivity contribution in [1.29, 1.82) is 0 Å². The van der Waals surface area contributed by atoms with Crippen molar-refractivity contribution in [3.8, 4) is 0 Å². The molecule has 13 heavy (non-hydrogen) atoms. The smallest absolute Gasteiger partial charge is 0.00871 e. The number of nitrogens with zero attached hydrogens (tertiary/aromatic N) is 1. The average Bonchev–Trinajstić information content (AvgIpc) is 2.06. The van der Waals surface area contributed by atoms with Crippen LogP contribution in [-0.4, -0.2) is 31.1 Å². The molecule has 0 bridgehead atoms. The van der Waals surface area contributed by atoms with Gasteiger partial charge in [0.1, 0.15) is 0 Å². The zero-order chi connectivity index (χ0) is 10.5. The van der Waals surface area contributed by atoms with E-state index >= 15 is 0 Å². The van der Waals surface area contributed by atoms with E-state index in [9.17, 15) is 0 Å². The molecule has 80 valence electrons. The molecule has 0 unspecified atom stereocenters. The van der Waals surface area contributed by atoms with Crippen LogP contribution in [0.15, 0.2) is 0 Å².